The Kier molecular flexibility index (Phi) is 2.77. The standard InChI is InChI=1S/C11H20N2O/c1-2-7-13-8-5-11(10(13)14)4-3-6-12-9-11/h12H,2-9H2,1H3. The van der Waals surface area contributed by atoms with Gasteiger partial charge in [0.25, 0.3) is 0 Å². The minimum Gasteiger partial charge on any atom is -0.342 e. The fourth-order valence-corrected chi connectivity index (χ4v) is 2.74. The molecule has 1 N–H and O–H groups in total. The van der Waals surface area contributed by atoms with Gasteiger partial charge < -0.3 is 10.2 Å². The first-order chi connectivity index (χ1) is 6.78. The number of carbonyl (C=O) groups excluding carboxylic acids is 1. The molecule has 0 radical (unpaired) electrons. The first kappa shape index (κ1) is 9.97. The number of hydrogen-bond acceptors (Lipinski definition) is 2. The lowest BCUT2D eigenvalue weighted by Gasteiger charge is -2.32. The van der Waals surface area contributed by atoms with E-state index in [2.05, 4.69) is 12.2 Å². The summed E-state index contributed by atoms with van der Waals surface area (Å²) in [4.78, 5) is 14.2. The second-order valence-corrected chi connectivity index (χ2v) is 4.60. The molecule has 2 aliphatic rings. The molecular formula is C11H20N2O. The molecule has 2 aliphatic heterocycles. The van der Waals surface area contributed by atoms with Crippen LogP contribution in [0.1, 0.15) is 32.6 Å². The molecule has 0 aromatic rings. The summed E-state index contributed by atoms with van der Waals surface area (Å²) in [5, 5.41) is 3.36. The topological polar surface area (TPSA) is 32.3 Å². The lowest BCUT2D eigenvalue weighted by molar-refractivity contribution is -0.136. The maximum absolute atomic E-state index is 12.2. The maximum atomic E-state index is 12.2. The van der Waals surface area contributed by atoms with Crippen LogP contribution < -0.4 is 5.32 Å². The van der Waals surface area contributed by atoms with E-state index in [0.29, 0.717) is 5.91 Å². The second-order valence-electron chi connectivity index (χ2n) is 4.60. The molecule has 1 atom stereocenters. The fraction of sp³-hybridized carbons (Fsp3) is 0.909. The van der Waals surface area contributed by atoms with Crippen LogP contribution in [-0.2, 0) is 4.79 Å². The number of nitrogens with zero attached hydrogens (tertiary/aromatic N) is 1. The summed E-state index contributed by atoms with van der Waals surface area (Å²) in [5.74, 6) is 0.409. The van der Waals surface area contributed by atoms with Crippen molar-refractivity contribution < 1.29 is 4.79 Å². The van der Waals surface area contributed by atoms with Crippen LogP contribution in [0.2, 0.25) is 0 Å². The van der Waals surface area contributed by atoms with E-state index in [1.165, 1.54) is 0 Å². The Balaban J connectivity index is 2.04. The highest BCUT2D eigenvalue weighted by Crippen LogP contribution is 2.37. The third-order valence-corrected chi connectivity index (χ3v) is 3.57. The monoisotopic (exact) mass is 196 g/mol. The summed E-state index contributed by atoms with van der Waals surface area (Å²) in [6.07, 6.45) is 4.40. The average molecular weight is 196 g/mol. The molecule has 1 unspecified atom stereocenters. The van der Waals surface area contributed by atoms with Crippen LogP contribution in [0.3, 0.4) is 0 Å². The number of carbonyl (C=O) groups is 1. The van der Waals surface area contributed by atoms with Gasteiger partial charge in [-0.25, -0.2) is 0 Å². The number of rotatable bonds is 2. The van der Waals surface area contributed by atoms with E-state index < -0.39 is 0 Å². The molecule has 1 spiro atoms. The van der Waals surface area contributed by atoms with Crippen LogP contribution in [0.15, 0.2) is 0 Å². The van der Waals surface area contributed by atoms with E-state index in [1.807, 2.05) is 4.90 Å². The van der Waals surface area contributed by atoms with Gasteiger partial charge in [0.05, 0.1) is 5.41 Å². The zero-order valence-corrected chi connectivity index (χ0v) is 9.01. The quantitative estimate of drug-likeness (QED) is 0.714. The molecule has 14 heavy (non-hydrogen) atoms. The summed E-state index contributed by atoms with van der Waals surface area (Å²) in [6, 6.07) is 0. The van der Waals surface area contributed by atoms with Crippen molar-refractivity contribution in [2.24, 2.45) is 5.41 Å². The number of likely N-dealkylation sites (tertiary alicyclic amines) is 1. The molecule has 0 aromatic heterocycles. The SMILES string of the molecule is CCCN1CCC2(CCCNC2)C1=O. The summed E-state index contributed by atoms with van der Waals surface area (Å²) >= 11 is 0. The Morgan fingerprint density at radius 1 is 1.50 bits per heavy atom. The van der Waals surface area contributed by atoms with Crippen LogP contribution in [0.25, 0.3) is 0 Å². The van der Waals surface area contributed by atoms with E-state index in [1.54, 1.807) is 0 Å². The molecule has 3 nitrogen and oxygen atoms in total. The number of nitrogens with one attached hydrogen (secondary N) is 1. The van der Waals surface area contributed by atoms with Crippen molar-refractivity contribution in [2.45, 2.75) is 32.6 Å². The second kappa shape index (κ2) is 3.89. The molecule has 2 saturated heterocycles. The zero-order valence-electron chi connectivity index (χ0n) is 9.01. The predicted octanol–water partition coefficient (Wildman–Crippen LogP) is 0.998. The molecule has 2 heterocycles. The van der Waals surface area contributed by atoms with Crippen molar-refractivity contribution in [3.8, 4) is 0 Å². The Hall–Kier alpha value is -0.570. The Labute approximate surface area is 85.8 Å². The highest BCUT2D eigenvalue weighted by atomic mass is 16.2. The van der Waals surface area contributed by atoms with Crippen molar-refractivity contribution in [3.63, 3.8) is 0 Å². The number of piperidine rings is 1. The minimum atomic E-state index is -0.0204. The van der Waals surface area contributed by atoms with Gasteiger partial charge in [0.1, 0.15) is 0 Å². The van der Waals surface area contributed by atoms with Crippen LogP contribution in [0.4, 0.5) is 0 Å². The first-order valence-electron chi connectivity index (χ1n) is 5.79. The largest absolute Gasteiger partial charge is 0.342 e. The van der Waals surface area contributed by atoms with Gasteiger partial charge in [-0.2, -0.15) is 0 Å². The van der Waals surface area contributed by atoms with E-state index in [0.717, 1.165) is 51.9 Å². The van der Waals surface area contributed by atoms with E-state index >= 15 is 0 Å². The smallest absolute Gasteiger partial charge is 0.230 e. The molecule has 0 bridgehead atoms. The van der Waals surface area contributed by atoms with Crippen molar-refractivity contribution in [1.29, 1.82) is 0 Å². The van der Waals surface area contributed by atoms with Crippen molar-refractivity contribution in [2.75, 3.05) is 26.2 Å². The Morgan fingerprint density at radius 3 is 3.00 bits per heavy atom. The number of hydrogen-bond donors (Lipinski definition) is 1. The van der Waals surface area contributed by atoms with Gasteiger partial charge in [-0.05, 0) is 32.2 Å². The van der Waals surface area contributed by atoms with E-state index in [-0.39, 0.29) is 5.41 Å². The van der Waals surface area contributed by atoms with Crippen LogP contribution >= 0.6 is 0 Å². The van der Waals surface area contributed by atoms with Gasteiger partial charge in [0.2, 0.25) is 5.91 Å². The molecule has 0 aliphatic carbocycles. The van der Waals surface area contributed by atoms with Crippen LogP contribution in [0.5, 0.6) is 0 Å². The van der Waals surface area contributed by atoms with E-state index in [4.69, 9.17) is 0 Å². The highest BCUT2D eigenvalue weighted by Gasteiger charge is 2.46. The lowest BCUT2D eigenvalue weighted by Crippen LogP contribution is -2.45. The third-order valence-electron chi connectivity index (χ3n) is 3.57. The predicted molar refractivity (Wildman–Crippen MR) is 56.0 cm³/mol. The van der Waals surface area contributed by atoms with Gasteiger partial charge in [-0.3, -0.25) is 4.79 Å². The average Bonchev–Trinajstić information content (AvgIpc) is 2.50. The maximum Gasteiger partial charge on any atom is 0.230 e. The zero-order chi connectivity index (χ0) is 10.0. The van der Waals surface area contributed by atoms with Gasteiger partial charge in [0.15, 0.2) is 0 Å². The molecule has 0 aromatic carbocycles. The highest BCUT2D eigenvalue weighted by molar-refractivity contribution is 5.85. The van der Waals surface area contributed by atoms with Crippen molar-refractivity contribution in [3.05, 3.63) is 0 Å². The molecule has 2 rings (SSSR count). The number of amides is 1. The van der Waals surface area contributed by atoms with Crippen molar-refractivity contribution in [1.82, 2.24) is 10.2 Å². The van der Waals surface area contributed by atoms with Crippen molar-refractivity contribution >= 4 is 5.91 Å². The Morgan fingerprint density at radius 2 is 2.36 bits per heavy atom. The molecule has 1 amide bonds. The molecule has 3 heteroatoms. The summed E-state index contributed by atoms with van der Waals surface area (Å²) in [7, 11) is 0. The summed E-state index contributed by atoms with van der Waals surface area (Å²) in [5.41, 5.74) is -0.0204. The van der Waals surface area contributed by atoms with Gasteiger partial charge in [0, 0.05) is 19.6 Å². The van der Waals surface area contributed by atoms with Gasteiger partial charge in [-0.15, -0.1) is 0 Å². The first-order valence-corrected chi connectivity index (χ1v) is 5.79. The van der Waals surface area contributed by atoms with Crippen LogP contribution in [0, 0.1) is 5.41 Å². The molecule has 80 valence electrons. The molecule has 2 fully saturated rings. The molecular weight excluding hydrogens is 176 g/mol. The summed E-state index contributed by atoms with van der Waals surface area (Å²) < 4.78 is 0. The molecule has 0 saturated carbocycles. The van der Waals surface area contributed by atoms with Gasteiger partial charge in [-0.1, -0.05) is 6.92 Å². The fourth-order valence-electron chi connectivity index (χ4n) is 2.74. The normalized spacial score (nSPS) is 32.9. The summed E-state index contributed by atoms with van der Waals surface area (Å²) in [6.45, 7) is 6.06. The Bertz CT molecular complexity index is 221. The van der Waals surface area contributed by atoms with E-state index in [9.17, 15) is 4.79 Å². The lowest BCUT2D eigenvalue weighted by atomic mass is 9.79. The minimum absolute atomic E-state index is 0.0204. The van der Waals surface area contributed by atoms with Gasteiger partial charge >= 0.3 is 0 Å². The third kappa shape index (κ3) is 1.54. The van der Waals surface area contributed by atoms with Crippen LogP contribution in [-0.4, -0.2) is 37.0 Å².